The van der Waals surface area contributed by atoms with Crippen LogP contribution in [0.3, 0.4) is 0 Å². The molecule has 130 valence electrons. The minimum absolute atomic E-state index is 0.0175. The van der Waals surface area contributed by atoms with E-state index in [1.807, 2.05) is 36.4 Å². The van der Waals surface area contributed by atoms with Crippen molar-refractivity contribution in [3.63, 3.8) is 0 Å². The average molecular weight is 336 g/mol. The van der Waals surface area contributed by atoms with Crippen LogP contribution < -0.4 is 5.73 Å². The molecule has 0 spiro atoms. The average Bonchev–Trinajstić information content (AvgIpc) is 2.67. The number of nitrogens with two attached hydrogens (primary N) is 1. The van der Waals surface area contributed by atoms with Crippen LogP contribution >= 0.6 is 0 Å². The Morgan fingerprint density at radius 2 is 1.56 bits per heavy atom. The first-order valence-corrected chi connectivity index (χ1v) is 8.82. The number of carbonyl (C=O) groups excluding carboxylic acids is 2. The zero-order valence-electron chi connectivity index (χ0n) is 14.3. The molecule has 0 saturated carbocycles. The van der Waals surface area contributed by atoms with Crippen LogP contribution in [0, 0.1) is 5.92 Å². The number of rotatable bonds is 5. The standard InChI is InChI=1S/C21H24N2O2/c22-21(25)18-12-7-13-23(15-18)20(24)14-19(16-8-3-1-4-9-16)17-10-5-2-6-11-17/h1-6,8-11,18-19H,7,12-15H2,(H2,22,25)/t18-/m1/s1. The first kappa shape index (κ1) is 17.2. The maximum absolute atomic E-state index is 12.9. The van der Waals surface area contributed by atoms with Crippen LogP contribution in [0.15, 0.2) is 60.7 Å². The summed E-state index contributed by atoms with van der Waals surface area (Å²) in [4.78, 5) is 26.2. The van der Waals surface area contributed by atoms with Crippen LogP contribution in [0.2, 0.25) is 0 Å². The van der Waals surface area contributed by atoms with Gasteiger partial charge in [0.25, 0.3) is 0 Å². The van der Waals surface area contributed by atoms with Gasteiger partial charge < -0.3 is 10.6 Å². The molecule has 1 atom stereocenters. The molecule has 0 aliphatic carbocycles. The second-order valence-corrected chi connectivity index (χ2v) is 6.66. The van der Waals surface area contributed by atoms with E-state index in [0.29, 0.717) is 19.5 Å². The van der Waals surface area contributed by atoms with E-state index >= 15 is 0 Å². The Hall–Kier alpha value is -2.62. The fourth-order valence-electron chi connectivity index (χ4n) is 3.54. The van der Waals surface area contributed by atoms with E-state index in [4.69, 9.17) is 5.73 Å². The molecule has 3 rings (SSSR count). The number of likely N-dealkylation sites (tertiary alicyclic amines) is 1. The molecule has 2 aromatic rings. The van der Waals surface area contributed by atoms with Crippen molar-refractivity contribution in [3.8, 4) is 0 Å². The fraction of sp³-hybridized carbons (Fsp3) is 0.333. The van der Waals surface area contributed by atoms with Gasteiger partial charge in [-0.15, -0.1) is 0 Å². The lowest BCUT2D eigenvalue weighted by molar-refractivity contribution is -0.135. The molecule has 4 nitrogen and oxygen atoms in total. The van der Waals surface area contributed by atoms with Gasteiger partial charge in [-0.2, -0.15) is 0 Å². The van der Waals surface area contributed by atoms with Crippen LogP contribution in [0.4, 0.5) is 0 Å². The summed E-state index contributed by atoms with van der Waals surface area (Å²) in [6.45, 7) is 1.16. The number of amides is 2. The lowest BCUT2D eigenvalue weighted by atomic mass is 9.87. The molecular formula is C21H24N2O2. The molecule has 2 aromatic carbocycles. The maximum atomic E-state index is 12.9. The number of carbonyl (C=O) groups is 2. The van der Waals surface area contributed by atoms with Gasteiger partial charge in [-0.1, -0.05) is 60.7 Å². The number of hydrogen-bond acceptors (Lipinski definition) is 2. The Bertz CT molecular complexity index is 676. The van der Waals surface area contributed by atoms with E-state index in [1.165, 1.54) is 0 Å². The molecule has 1 saturated heterocycles. The quantitative estimate of drug-likeness (QED) is 0.912. The summed E-state index contributed by atoms with van der Waals surface area (Å²) in [6.07, 6.45) is 2.01. The van der Waals surface area contributed by atoms with Crippen LogP contribution in [-0.4, -0.2) is 29.8 Å². The monoisotopic (exact) mass is 336 g/mol. The topological polar surface area (TPSA) is 63.4 Å². The van der Waals surface area contributed by atoms with Crippen LogP contribution in [-0.2, 0) is 9.59 Å². The lowest BCUT2D eigenvalue weighted by Crippen LogP contribution is -2.44. The summed E-state index contributed by atoms with van der Waals surface area (Å²) in [5.41, 5.74) is 7.70. The number of piperidine rings is 1. The zero-order valence-corrected chi connectivity index (χ0v) is 14.3. The van der Waals surface area contributed by atoms with Gasteiger partial charge in [0.15, 0.2) is 0 Å². The minimum atomic E-state index is -0.305. The largest absolute Gasteiger partial charge is 0.369 e. The Balaban J connectivity index is 1.78. The lowest BCUT2D eigenvalue weighted by Gasteiger charge is -2.32. The third-order valence-corrected chi connectivity index (χ3v) is 4.96. The summed E-state index contributed by atoms with van der Waals surface area (Å²) in [5, 5.41) is 0. The van der Waals surface area contributed by atoms with Crippen LogP contribution in [0.1, 0.15) is 36.3 Å². The van der Waals surface area contributed by atoms with Gasteiger partial charge in [0.05, 0.1) is 5.92 Å². The number of primary amides is 1. The summed E-state index contributed by atoms with van der Waals surface area (Å²) in [6, 6.07) is 20.2. The summed E-state index contributed by atoms with van der Waals surface area (Å²) >= 11 is 0. The number of benzene rings is 2. The van der Waals surface area contributed by atoms with Crippen molar-refractivity contribution in [2.24, 2.45) is 11.7 Å². The van der Waals surface area contributed by atoms with Gasteiger partial charge in [-0.05, 0) is 24.0 Å². The first-order valence-electron chi connectivity index (χ1n) is 8.82. The Morgan fingerprint density at radius 3 is 2.08 bits per heavy atom. The highest BCUT2D eigenvalue weighted by molar-refractivity contribution is 5.81. The van der Waals surface area contributed by atoms with E-state index < -0.39 is 0 Å². The van der Waals surface area contributed by atoms with Gasteiger partial charge >= 0.3 is 0 Å². The van der Waals surface area contributed by atoms with Gasteiger partial charge in [-0.3, -0.25) is 9.59 Å². The van der Waals surface area contributed by atoms with Crippen molar-refractivity contribution in [2.75, 3.05) is 13.1 Å². The third kappa shape index (κ3) is 4.27. The summed E-state index contributed by atoms with van der Waals surface area (Å²) in [5.74, 6) is -0.419. The van der Waals surface area contributed by atoms with E-state index in [1.54, 1.807) is 4.90 Å². The molecule has 2 amide bonds. The third-order valence-electron chi connectivity index (χ3n) is 4.96. The van der Waals surface area contributed by atoms with E-state index in [0.717, 1.165) is 24.0 Å². The molecule has 4 heteroatoms. The van der Waals surface area contributed by atoms with Crippen molar-refractivity contribution in [3.05, 3.63) is 71.8 Å². The predicted octanol–water partition coefficient (Wildman–Crippen LogP) is 2.93. The van der Waals surface area contributed by atoms with Gasteiger partial charge in [-0.25, -0.2) is 0 Å². The van der Waals surface area contributed by atoms with Crippen molar-refractivity contribution < 1.29 is 9.59 Å². The molecule has 25 heavy (non-hydrogen) atoms. The van der Waals surface area contributed by atoms with E-state index in [-0.39, 0.29) is 23.7 Å². The number of hydrogen-bond donors (Lipinski definition) is 1. The smallest absolute Gasteiger partial charge is 0.223 e. The maximum Gasteiger partial charge on any atom is 0.223 e. The van der Waals surface area contributed by atoms with Crippen molar-refractivity contribution in [2.45, 2.75) is 25.2 Å². The molecule has 0 unspecified atom stereocenters. The highest BCUT2D eigenvalue weighted by Gasteiger charge is 2.28. The second-order valence-electron chi connectivity index (χ2n) is 6.66. The van der Waals surface area contributed by atoms with Crippen molar-refractivity contribution in [1.29, 1.82) is 0 Å². The van der Waals surface area contributed by atoms with Gasteiger partial charge in [0.2, 0.25) is 11.8 Å². The van der Waals surface area contributed by atoms with Crippen molar-refractivity contribution >= 4 is 11.8 Å². The Kier molecular flexibility index (Phi) is 5.49. The summed E-state index contributed by atoms with van der Waals surface area (Å²) in [7, 11) is 0. The first-order chi connectivity index (χ1) is 12.1. The normalized spacial score (nSPS) is 17.5. The Labute approximate surface area is 148 Å². The Morgan fingerprint density at radius 1 is 1.00 bits per heavy atom. The SMILES string of the molecule is NC(=O)[C@@H]1CCCN(C(=O)CC(c2ccccc2)c2ccccc2)C1. The van der Waals surface area contributed by atoms with Crippen molar-refractivity contribution in [1.82, 2.24) is 4.90 Å². The molecule has 0 radical (unpaired) electrons. The molecule has 1 fully saturated rings. The van der Waals surface area contributed by atoms with Gasteiger partial charge in [0.1, 0.15) is 0 Å². The summed E-state index contributed by atoms with van der Waals surface area (Å²) < 4.78 is 0. The minimum Gasteiger partial charge on any atom is -0.369 e. The molecule has 0 bridgehead atoms. The predicted molar refractivity (Wildman–Crippen MR) is 97.8 cm³/mol. The highest BCUT2D eigenvalue weighted by Crippen LogP contribution is 2.29. The molecule has 2 N–H and O–H groups in total. The number of nitrogens with zero attached hydrogens (tertiary/aromatic N) is 1. The van der Waals surface area contributed by atoms with Gasteiger partial charge in [0, 0.05) is 25.4 Å². The highest BCUT2D eigenvalue weighted by atomic mass is 16.2. The van der Waals surface area contributed by atoms with E-state index in [2.05, 4.69) is 24.3 Å². The van der Waals surface area contributed by atoms with Crippen LogP contribution in [0.25, 0.3) is 0 Å². The fourth-order valence-corrected chi connectivity index (χ4v) is 3.54. The molecule has 1 heterocycles. The van der Waals surface area contributed by atoms with E-state index in [9.17, 15) is 9.59 Å². The molecule has 1 aliphatic heterocycles. The molecular weight excluding hydrogens is 312 g/mol. The molecule has 1 aliphatic rings. The second kappa shape index (κ2) is 7.97. The molecule has 0 aromatic heterocycles. The zero-order chi connectivity index (χ0) is 17.6. The van der Waals surface area contributed by atoms with Crippen LogP contribution in [0.5, 0.6) is 0 Å².